The van der Waals surface area contributed by atoms with Crippen molar-refractivity contribution in [2.45, 2.75) is 31.6 Å². The van der Waals surface area contributed by atoms with E-state index in [1.165, 1.54) is 0 Å². The molecule has 1 aliphatic rings. The van der Waals surface area contributed by atoms with E-state index in [1.54, 1.807) is 0 Å². The molecule has 6 rings (SSSR count). The van der Waals surface area contributed by atoms with Crippen LogP contribution in [0.15, 0.2) is 77.3 Å². The SMILES string of the molecule is Brc1cccc(N2[C@H](n3nnc4ccccc43)CCC[C@H]2n2nnc3ccccc32)c1. The molecule has 1 aliphatic heterocycles. The predicted octanol–water partition coefficient (Wildman–Crippen LogP) is 5.33. The third kappa shape index (κ3) is 3.09. The van der Waals surface area contributed by atoms with E-state index in [1.807, 2.05) is 42.5 Å². The second-order valence-corrected chi connectivity index (χ2v) is 8.74. The van der Waals surface area contributed by atoms with Crippen LogP contribution in [0.3, 0.4) is 0 Å². The van der Waals surface area contributed by atoms with Crippen molar-refractivity contribution in [2.75, 3.05) is 4.90 Å². The summed E-state index contributed by atoms with van der Waals surface area (Å²) in [5, 5.41) is 18.0. The number of rotatable bonds is 3. The number of piperidine rings is 1. The number of anilines is 1. The van der Waals surface area contributed by atoms with E-state index in [-0.39, 0.29) is 12.3 Å². The molecule has 0 amide bonds. The summed E-state index contributed by atoms with van der Waals surface area (Å²) in [6, 6.07) is 24.7. The maximum absolute atomic E-state index is 4.56. The van der Waals surface area contributed by atoms with Gasteiger partial charge in [-0.1, -0.05) is 56.7 Å². The maximum atomic E-state index is 4.56. The van der Waals surface area contributed by atoms with Gasteiger partial charge in [0.15, 0.2) is 0 Å². The van der Waals surface area contributed by atoms with Gasteiger partial charge in [-0.2, -0.15) is 0 Å². The van der Waals surface area contributed by atoms with Gasteiger partial charge in [0.05, 0.1) is 11.0 Å². The van der Waals surface area contributed by atoms with Crippen molar-refractivity contribution in [3.8, 4) is 0 Å². The van der Waals surface area contributed by atoms with Crippen molar-refractivity contribution in [2.24, 2.45) is 0 Å². The van der Waals surface area contributed by atoms with Gasteiger partial charge in [-0.15, -0.1) is 10.2 Å². The zero-order chi connectivity index (χ0) is 20.8. The first-order valence-corrected chi connectivity index (χ1v) is 11.2. The van der Waals surface area contributed by atoms with Gasteiger partial charge in [0, 0.05) is 10.2 Å². The standard InChI is InChI=1S/C23H20BrN7/c24-16-7-5-8-17(15-16)29-22(30-20-11-3-1-9-18(20)25-27-30)13-6-14-23(29)31-21-12-4-2-10-19(21)26-28-31/h1-5,7-12,15,22-23H,6,13-14H2/t22-,23-/m1/s1. The molecule has 0 N–H and O–H groups in total. The molecule has 3 aromatic carbocycles. The van der Waals surface area contributed by atoms with Gasteiger partial charge >= 0.3 is 0 Å². The van der Waals surface area contributed by atoms with Crippen LogP contribution < -0.4 is 4.90 Å². The minimum Gasteiger partial charge on any atom is -0.327 e. The van der Waals surface area contributed by atoms with E-state index in [4.69, 9.17) is 0 Å². The lowest BCUT2D eigenvalue weighted by molar-refractivity contribution is 0.247. The van der Waals surface area contributed by atoms with E-state index >= 15 is 0 Å². The van der Waals surface area contributed by atoms with Gasteiger partial charge in [0.1, 0.15) is 23.4 Å². The highest BCUT2D eigenvalue weighted by Gasteiger charge is 2.35. The summed E-state index contributed by atoms with van der Waals surface area (Å²) in [5.74, 6) is 0. The Morgan fingerprint density at radius 2 is 1.29 bits per heavy atom. The fourth-order valence-electron chi connectivity index (χ4n) is 4.64. The van der Waals surface area contributed by atoms with E-state index in [0.29, 0.717) is 0 Å². The van der Waals surface area contributed by atoms with Gasteiger partial charge in [-0.05, 0) is 61.7 Å². The molecule has 7 nitrogen and oxygen atoms in total. The number of benzene rings is 3. The first kappa shape index (κ1) is 18.5. The number of aromatic nitrogens is 6. The van der Waals surface area contributed by atoms with E-state index in [0.717, 1.165) is 51.5 Å². The van der Waals surface area contributed by atoms with E-state index in [2.05, 4.69) is 81.1 Å². The zero-order valence-corrected chi connectivity index (χ0v) is 18.3. The zero-order valence-electron chi connectivity index (χ0n) is 16.7. The second-order valence-electron chi connectivity index (χ2n) is 7.82. The van der Waals surface area contributed by atoms with Crippen LogP contribution in [0.4, 0.5) is 5.69 Å². The average molecular weight is 474 g/mol. The van der Waals surface area contributed by atoms with Crippen LogP contribution in [0.25, 0.3) is 22.1 Å². The fourth-order valence-corrected chi connectivity index (χ4v) is 5.02. The Hall–Kier alpha value is -3.26. The lowest BCUT2D eigenvalue weighted by Crippen LogP contribution is -2.42. The Morgan fingerprint density at radius 3 is 1.87 bits per heavy atom. The van der Waals surface area contributed by atoms with Gasteiger partial charge in [0.2, 0.25) is 0 Å². The normalized spacial score (nSPS) is 19.3. The van der Waals surface area contributed by atoms with Crippen molar-refractivity contribution in [1.29, 1.82) is 0 Å². The van der Waals surface area contributed by atoms with Crippen molar-refractivity contribution >= 4 is 43.7 Å². The molecule has 2 atom stereocenters. The first-order valence-electron chi connectivity index (χ1n) is 10.4. The van der Waals surface area contributed by atoms with Crippen LogP contribution in [0.5, 0.6) is 0 Å². The van der Waals surface area contributed by atoms with Crippen LogP contribution in [0.1, 0.15) is 31.6 Å². The molecule has 1 fully saturated rings. The molecule has 1 saturated heterocycles. The first-order chi connectivity index (χ1) is 15.3. The van der Waals surface area contributed by atoms with Crippen LogP contribution in [0.2, 0.25) is 0 Å². The second kappa shape index (κ2) is 7.46. The maximum Gasteiger partial charge on any atom is 0.127 e. The van der Waals surface area contributed by atoms with Crippen LogP contribution >= 0.6 is 15.9 Å². The molecular formula is C23H20BrN7. The van der Waals surface area contributed by atoms with Crippen molar-refractivity contribution in [1.82, 2.24) is 30.0 Å². The Morgan fingerprint density at radius 1 is 0.710 bits per heavy atom. The van der Waals surface area contributed by atoms with Crippen molar-refractivity contribution < 1.29 is 0 Å². The fraction of sp³-hybridized carbons (Fsp3) is 0.217. The minimum atomic E-state index is 0.0170. The largest absolute Gasteiger partial charge is 0.327 e. The molecule has 0 aliphatic carbocycles. The van der Waals surface area contributed by atoms with Gasteiger partial charge < -0.3 is 4.90 Å². The molecule has 31 heavy (non-hydrogen) atoms. The molecule has 0 bridgehead atoms. The average Bonchev–Trinajstić information content (AvgIpc) is 3.43. The number of nitrogens with zero attached hydrogens (tertiary/aromatic N) is 7. The van der Waals surface area contributed by atoms with E-state index in [9.17, 15) is 0 Å². The molecule has 0 spiro atoms. The summed E-state index contributed by atoms with van der Waals surface area (Å²) in [6.07, 6.45) is 3.04. The molecule has 0 radical (unpaired) electrons. The predicted molar refractivity (Wildman–Crippen MR) is 124 cm³/mol. The molecule has 2 aromatic heterocycles. The summed E-state index contributed by atoms with van der Waals surface area (Å²) < 4.78 is 5.16. The highest BCUT2D eigenvalue weighted by atomic mass is 79.9. The molecule has 154 valence electrons. The third-order valence-electron chi connectivity index (χ3n) is 5.99. The summed E-state index contributed by atoms with van der Waals surface area (Å²) in [6.45, 7) is 0. The van der Waals surface area contributed by atoms with Crippen LogP contribution in [-0.4, -0.2) is 30.0 Å². The molecular weight excluding hydrogens is 454 g/mol. The quantitative estimate of drug-likeness (QED) is 0.354. The summed E-state index contributed by atoms with van der Waals surface area (Å²) >= 11 is 3.65. The highest BCUT2D eigenvalue weighted by molar-refractivity contribution is 9.10. The topological polar surface area (TPSA) is 64.7 Å². The molecule has 5 aromatic rings. The van der Waals surface area contributed by atoms with Crippen LogP contribution in [-0.2, 0) is 0 Å². The smallest absolute Gasteiger partial charge is 0.127 e. The number of para-hydroxylation sites is 2. The molecule has 8 heteroatoms. The van der Waals surface area contributed by atoms with Gasteiger partial charge in [0.25, 0.3) is 0 Å². The monoisotopic (exact) mass is 473 g/mol. The lowest BCUT2D eigenvalue weighted by Gasteiger charge is -2.43. The Kier molecular flexibility index (Phi) is 4.45. The lowest BCUT2D eigenvalue weighted by atomic mass is 10.0. The molecule has 0 saturated carbocycles. The van der Waals surface area contributed by atoms with Crippen molar-refractivity contribution in [3.05, 3.63) is 77.3 Å². The van der Waals surface area contributed by atoms with Gasteiger partial charge in [-0.3, -0.25) is 0 Å². The number of fused-ring (bicyclic) bond motifs is 2. The number of halogens is 1. The summed E-state index contributed by atoms with van der Waals surface area (Å²) in [7, 11) is 0. The molecule has 0 unspecified atom stereocenters. The van der Waals surface area contributed by atoms with Gasteiger partial charge in [-0.25, -0.2) is 9.36 Å². The summed E-state index contributed by atoms with van der Waals surface area (Å²) in [4.78, 5) is 2.41. The Balaban J connectivity index is 1.54. The number of hydrogen-bond acceptors (Lipinski definition) is 5. The highest BCUT2D eigenvalue weighted by Crippen LogP contribution is 2.41. The van der Waals surface area contributed by atoms with Crippen LogP contribution in [0, 0.1) is 0 Å². The minimum absolute atomic E-state index is 0.0170. The Labute approximate surface area is 187 Å². The molecule has 3 heterocycles. The third-order valence-corrected chi connectivity index (χ3v) is 6.49. The summed E-state index contributed by atoms with van der Waals surface area (Å²) in [5.41, 5.74) is 5.01. The number of hydrogen-bond donors (Lipinski definition) is 0. The van der Waals surface area contributed by atoms with Crippen molar-refractivity contribution in [3.63, 3.8) is 0 Å². The Bertz CT molecular complexity index is 1290. The van der Waals surface area contributed by atoms with E-state index < -0.39 is 0 Å².